The van der Waals surface area contributed by atoms with Gasteiger partial charge in [-0.05, 0) is 12.1 Å². The quantitative estimate of drug-likeness (QED) is 0.780. The van der Waals surface area contributed by atoms with Gasteiger partial charge in [-0.2, -0.15) is 0 Å². The van der Waals surface area contributed by atoms with Gasteiger partial charge in [0.2, 0.25) is 9.84 Å². The molecule has 0 heterocycles. The molecular weight excluding hydrogens is 252 g/mol. The molecule has 0 aliphatic heterocycles. The monoisotopic (exact) mass is 260 g/mol. The first-order valence-electron chi connectivity index (χ1n) is 4.25. The summed E-state index contributed by atoms with van der Waals surface area (Å²) < 4.78 is 28.0. The number of carbonyl (C=O) groups is 1. The number of ether oxygens (including phenoxy) is 1. The Labute approximate surface area is 98.4 Å². The lowest BCUT2D eigenvalue weighted by Gasteiger charge is -2.06. The van der Waals surface area contributed by atoms with E-state index in [9.17, 15) is 13.2 Å². The predicted octanol–water partition coefficient (Wildman–Crippen LogP) is 2.35. The van der Waals surface area contributed by atoms with Crippen molar-refractivity contribution in [2.24, 2.45) is 0 Å². The molecule has 0 radical (unpaired) electrons. The van der Waals surface area contributed by atoms with Gasteiger partial charge < -0.3 is 4.74 Å². The number of hydrogen-bond acceptors (Lipinski definition) is 4. The predicted molar refractivity (Wildman–Crippen MR) is 60.0 cm³/mol. The second-order valence-electron chi connectivity index (χ2n) is 2.88. The standard InChI is InChI=1S/C10H9ClO4S/c1-8(7-15-10(11)12)16(13,14)9-5-3-2-4-6-9/h2-6H,1,7H2. The van der Waals surface area contributed by atoms with E-state index in [1.807, 2.05) is 0 Å². The molecule has 0 spiro atoms. The third-order valence-electron chi connectivity index (χ3n) is 1.78. The molecule has 0 amide bonds. The SMILES string of the molecule is C=C(COC(=O)Cl)S(=O)(=O)c1ccccc1. The van der Waals surface area contributed by atoms with Gasteiger partial charge in [-0.25, -0.2) is 13.2 Å². The van der Waals surface area contributed by atoms with E-state index in [4.69, 9.17) is 11.6 Å². The van der Waals surface area contributed by atoms with Gasteiger partial charge in [0.05, 0.1) is 9.80 Å². The Kier molecular flexibility index (Phi) is 4.09. The average molecular weight is 261 g/mol. The van der Waals surface area contributed by atoms with Crippen LogP contribution in [0.1, 0.15) is 0 Å². The van der Waals surface area contributed by atoms with Crippen molar-refractivity contribution in [2.75, 3.05) is 6.61 Å². The molecule has 0 aliphatic rings. The lowest BCUT2D eigenvalue weighted by Crippen LogP contribution is -2.10. The van der Waals surface area contributed by atoms with E-state index in [1.54, 1.807) is 18.2 Å². The first kappa shape index (κ1) is 12.7. The van der Waals surface area contributed by atoms with Crippen LogP contribution >= 0.6 is 11.6 Å². The van der Waals surface area contributed by atoms with Gasteiger partial charge in [0.15, 0.2) is 0 Å². The second-order valence-corrected chi connectivity index (χ2v) is 5.25. The summed E-state index contributed by atoms with van der Waals surface area (Å²) >= 11 is 4.92. The zero-order chi connectivity index (χ0) is 12.2. The van der Waals surface area contributed by atoms with E-state index in [0.717, 1.165) is 0 Å². The van der Waals surface area contributed by atoms with Crippen molar-refractivity contribution < 1.29 is 17.9 Å². The molecule has 1 rings (SSSR count). The minimum Gasteiger partial charge on any atom is -0.448 e. The smallest absolute Gasteiger partial charge is 0.404 e. The van der Waals surface area contributed by atoms with Gasteiger partial charge >= 0.3 is 5.43 Å². The maximum atomic E-state index is 11.8. The van der Waals surface area contributed by atoms with Gasteiger partial charge in [0.1, 0.15) is 6.61 Å². The summed E-state index contributed by atoms with van der Waals surface area (Å²) in [5, 5.41) is 0. The lowest BCUT2D eigenvalue weighted by molar-refractivity contribution is 0.185. The van der Waals surface area contributed by atoms with E-state index in [2.05, 4.69) is 11.3 Å². The minimum atomic E-state index is -3.66. The molecule has 0 saturated carbocycles. The third-order valence-corrected chi connectivity index (χ3v) is 3.66. The Bertz CT molecular complexity index is 493. The van der Waals surface area contributed by atoms with Crippen molar-refractivity contribution in [3.8, 4) is 0 Å². The van der Waals surface area contributed by atoms with Crippen LogP contribution in [0.5, 0.6) is 0 Å². The highest BCUT2D eigenvalue weighted by molar-refractivity contribution is 7.95. The molecule has 0 atom stereocenters. The molecule has 16 heavy (non-hydrogen) atoms. The fourth-order valence-corrected chi connectivity index (χ4v) is 2.10. The molecule has 0 N–H and O–H groups in total. The third kappa shape index (κ3) is 3.08. The van der Waals surface area contributed by atoms with Crippen molar-refractivity contribution in [3.05, 3.63) is 41.8 Å². The zero-order valence-corrected chi connectivity index (χ0v) is 9.79. The van der Waals surface area contributed by atoms with Gasteiger partial charge in [0, 0.05) is 11.6 Å². The summed E-state index contributed by atoms with van der Waals surface area (Å²) in [6, 6.07) is 7.74. The number of benzene rings is 1. The maximum Gasteiger partial charge on any atom is 0.404 e. The minimum absolute atomic E-state index is 0.102. The normalized spacial score (nSPS) is 10.8. The van der Waals surface area contributed by atoms with Gasteiger partial charge in [-0.15, -0.1) is 0 Å². The summed E-state index contributed by atoms with van der Waals surface area (Å²) in [5.74, 6) is 0. The second kappa shape index (κ2) is 5.14. The summed E-state index contributed by atoms with van der Waals surface area (Å²) in [4.78, 5) is 10.2. The van der Waals surface area contributed by atoms with Crippen molar-refractivity contribution in [2.45, 2.75) is 4.90 Å². The number of sulfone groups is 1. The Balaban J connectivity index is 2.87. The van der Waals surface area contributed by atoms with Crippen LogP contribution in [0, 0.1) is 0 Å². The van der Waals surface area contributed by atoms with Gasteiger partial charge in [-0.1, -0.05) is 24.8 Å². The number of halogens is 1. The molecule has 1 aromatic carbocycles. The maximum absolute atomic E-state index is 11.8. The average Bonchev–Trinajstić information content (AvgIpc) is 2.27. The first-order chi connectivity index (χ1) is 7.44. The fourth-order valence-electron chi connectivity index (χ4n) is 0.981. The molecule has 86 valence electrons. The highest BCUT2D eigenvalue weighted by Crippen LogP contribution is 2.17. The highest BCUT2D eigenvalue weighted by Gasteiger charge is 2.19. The van der Waals surface area contributed by atoms with E-state index >= 15 is 0 Å². The molecule has 0 bridgehead atoms. The van der Waals surface area contributed by atoms with Crippen LogP contribution in [-0.2, 0) is 14.6 Å². The van der Waals surface area contributed by atoms with E-state index in [1.165, 1.54) is 12.1 Å². The highest BCUT2D eigenvalue weighted by atomic mass is 35.5. The van der Waals surface area contributed by atoms with Crippen LogP contribution in [-0.4, -0.2) is 20.5 Å². The van der Waals surface area contributed by atoms with Crippen LogP contribution in [0.3, 0.4) is 0 Å². The van der Waals surface area contributed by atoms with Crippen LogP contribution in [0.25, 0.3) is 0 Å². The van der Waals surface area contributed by atoms with E-state index in [0.29, 0.717) is 0 Å². The van der Waals surface area contributed by atoms with Crippen molar-refractivity contribution in [1.82, 2.24) is 0 Å². The fraction of sp³-hybridized carbons (Fsp3) is 0.100. The molecule has 0 aliphatic carbocycles. The van der Waals surface area contributed by atoms with Gasteiger partial charge in [-0.3, -0.25) is 0 Å². The molecule has 0 unspecified atom stereocenters. The molecule has 1 aromatic rings. The largest absolute Gasteiger partial charge is 0.448 e. The Hall–Kier alpha value is -1.33. The number of hydrogen-bond donors (Lipinski definition) is 0. The first-order valence-corrected chi connectivity index (χ1v) is 6.11. The molecule has 6 heteroatoms. The van der Waals surface area contributed by atoms with E-state index in [-0.39, 0.29) is 9.80 Å². The Morgan fingerprint density at radius 2 is 1.88 bits per heavy atom. The number of carbonyl (C=O) groups excluding carboxylic acids is 1. The summed E-state index contributed by atoms with van der Waals surface area (Å²) in [5.41, 5.74) is -1.07. The van der Waals surface area contributed by atoms with Crippen LogP contribution in [0.15, 0.2) is 46.7 Å². The van der Waals surface area contributed by atoms with Gasteiger partial charge in [0.25, 0.3) is 0 Å². The molecule has 0 fully saturated rings. The summed E-state index contributed by atoms with van der Waals surface area (Å²) in [6.45, 7) is 2.91. The molecular formula is C10H9ClO4S. The molecule has 0 aromatic heterocycles. The van der Waals surface area contributed by atoms with Crippen LogP contribution in [0.2, 0.25) is 0 Å². The summed E-state index contributed by atoms with van der Waals surface area (Å²) in [6.07, 6.45) is 0. The molecule has 4 nitrogen and oxygen atoms in total. The molecule has 0 saturated heterocycles. The Morgan fingerprint density at radius 1 is 1.31 bits per heavy atom. The van der Waals surface area contributed by atoms with Crippen molar-refractivity contribution >= 4 is 26.9 Å². The van der Waals surface area contributed by atoms with Crippen molar-refractivity contribution in [1.29, 1.82) is 0 Å². The lowest BCUT2D eigenvalue weighted by atomic mass is 10.4. The van der Waals surface area contributed by atoms with Crippen LogP contribution in [0.4, 0.5) is 4.79 Å². The zero-order valence-electron chi connectivity index (χ0n) is 8.22. The Morgan fingerprint density at radius 3 is 2.38 bits per heavy atom. The van der Waals surface area contributed by atoms with Crippen molar-refractivity contribution in [3.63, 3.8) is 0 Å². The van der Waals surface area contributed by atoms with Crippen LogP contribution < -0.4 is 0 Å². The number of rotatable bonds is 4. The topological polar surface area (TPSA) is 60.4 Å². The summed E-state index contributed by atoms with van der Waals surface area (Å²) in [7, 11) is -3.66. The van der Waals surface area contributed by atoms with E-state index < -0.39 is 21.9 Å².